The van der Waals surface area contributed by atoms with Gasteiger partial charge in [0.15, 0.2) is 6.04 Å². The summed E-state index contributed by atoms with van der Waals surface area (Å²) in [5.41, 5.74) is 3.08. The van der Waals surface area contributed by atoms with Gasteiger partial charge in [0, 0.05) is 11.4 Å². The standard InChI is InChI=1S/C20H26N4O3S/c1-15-5-3-4-6-19(15)24-13-11-23(12-14-24)16(2)20(25)22-17-7-9-18(10-8-17)28(21,26)27/h3-10,16H,11-14H2,1-2H3,(H,22,25)(H2,21,26,27)/p+1/t16-/m1/s1. The topological polar surface area (TPSA) is 96.9 Å². The summed E-state index contributed by atoms with van der Waals surface area (Å²) in [5.74, 6) is -0.0808. The van der Waals surface area contributed by atoms with E-state index in [2.05, 4.69) is 35.3 Å². The number of hydrogen-bond donors (Lipinski definition) is 3. The number of nitrogens with zero attached hydrogens (tertiary/aromatic N) is 1. The molecule has 8 heteroatoms. The van der Waals surface area contributed by atoms with Gasteiger partial charge in [-0.2, -0.15) is 0 Å². The molecule has 3 rings (SSSR count). The van der Waals surface area contributed by atoms with Gasteiger partial charge in [-0.15, -0.1) is 0 Å². The van der Waals surface area contributed by atoms with Crippen molar-refractivity contribution >= 4 is 27.3 Å². The Morgan fingerprint density at radius 1 is 1.11 bits per heavy atom. The first-order valence-electron chi connectivity index (χ1n) is 9.34. The van der Waals surface area contributed by atoms with Gasteiger partial charge in [0.25, 0.3) is 5.91 Å². The minimum atomic E-state index is -3.73. The van der Waals surface area contributed by atoms with E-state index in [0.717, 1.165) is 26.2 Å². The monoisotopic (exact) mass is 403 g/mol. The Kier molecular flexibility index (Phi) is 6.02. The molecule has 4 N–H and O–H groups in total. The Balaban J connectivity index is 1.57. The van der Waals surface area contributed by atoms with Crippen molar-refractivity contribution in [3.63, 3.8) is 0 Å². The van der Waals surface area contributed by atoms with Crippen LogP contribution in [0.25, 0.3) is 0 Å². The summed E-state index contributed by atoms with van der Waals surface area (Å²) >= 11 is 0. The number of benzene rings is 2. The van der Waals surface area contributed by atoms with Crippen molar-refractivity contribution < 1.29 is 18.1 Å². The fourth-order valence-electron chi connectivity index (χ4n) is 3.55. The van der Waals surface area contributed by atoms with Gasteiger partial charge in [-0.25, -0.2) is 13.6 Å². The molecular formula is C20H27N4O3S+. The first-order valence-corrected chi connectivity index (χ1v) is 10.9. The number of carbonyl (C=O) groups excluding carboxylic acids is 1. The highest BCUT2D eigenvalue weighted by Gasteiger charge is 2.29. The second-order valence-electron chi connectivity index (χ2n) is 7.21. The predicted molar refractivity (Wildman–Crippen MR) is 110 cm³/mol. The Morgan fingerprint density at radius 3 is 2.29 bits per heavy atom. The van der Waals surface area contributed by atoms with Gasteiger partial charge < -0.3 is 15.1 Å². The molecule has 1 heterocycles. The number of nitrogens with one attached hydrogen (secondary N) is 2. The first kappa shape index (κ1) is 20.3. The molecule has 1 saturated heterocycles. The van der Waals surface area contributed by atoms with E-state index in [1.807, 2.05) is 13.0 Å². The lowest BCUT2D eigenvalue weighted by atomic mass is 10.1. The third kappa shape index (κ3) is 4.70. The molecular weight excluding hydrogens is 376 g/mol. The smallest absolute Gasteiger partial charge is 0.282 e. The zero-order valence-corrected chi connectivity index (χ0v) is 17.0. The first-order chi connectivity index (χ1) is 13.3. The Bertz CT molecular complexity index is 936. The van der Waals surface area contributed by atoms with Crippen LogP contribution in [-0.4, -0.2) is 46.5 Å². The van der Waals surface area contributed by atoms with Gasteiger partial charge in [-0.05, 0) is 49.7 Å². The number of amides is 1. The third-order valence-electron chi connectivity index (χ3n) is 5.32. The minimum Gasteiger partial charge on any atom is -0.360 e. The summed E-state index contributed by atoms with van der Waals surface area (Å²) in [6.45, 7) is 7.61. The van der Waals surface area contributed by atoms with Crippen molar-refractivity contribution in [2.24, 2.45) is 5.14 Å². The Hall–Kier alpha value is -2.42. The summed E-state index contributed by atoms with van der Waals surface area (Å²) in [5, 5.41) is 7.95. The molecule has 0 saturated carbocycles. The van der Waals surface area contributed by atoms with E-state index in [1.165, 1.54) is 28.3 Å². The number of sulfonamides is 1. The van der Waals surface area contributed by atoms with Crippen LogP contribution in [0.5, 0.6) is 0 Å². The van der Waals surface area contributed by atoms with E-state index in [-0.39, 0.29) is 16.8 Å². The van der Waals surface area contributed by atoms with Crippen molar-refractivity contribution in [2.75, 3.05) is 36.4 Å². The molecule has 7 nitrogen and oxygen atoms in total. The average Bonchev–Trinajstić information content (AvgIpc) is 2.67. The van der Waals surface area contributed by atoms with E-state index in [9.17, 15) is 13.2 Å². The SMILES string of the molecule is Cc1ccccc1N1CC[NH+]([C@H](C)C(=O)Nc2ccc(S(N)(=O)=O)cc2)CC1. The molecule has 28 heavy (non-hydrogen) atoms. The lowest BCUT2D eigenvalue weighted by Gasteiger charge is -2.36. The van der Waals surface area contributed by atoms with E-state index in [4.69, 9.17) is 5.14 Å². The molecule has 0 radical (unpaired) electrons. The number of anilines is 2. The number of aryl methyl sites for hydroxylation is 1. The summed E-state index contributed by atoms with van der Waals surface area (Å²) in [7, 11) is -3.73. The number of para-hydroxylation sites is 1. The zero-order chi connectivity index (χ0) is 20.3. The second-order valence-corrected chi connectivity index (χ2v) is 8.77. The van der Waals surface area contributed by atoms with Crippen LogP contribution in [0.3, 0.4) is 0 Å². The Labute approximate surface area is 166 Å². The molecule has 0 aliphatic carbocycles. The fourth-order valence-corrected chi connectivity index (χ4v) is 4.07. The van der Waals surface area contributed by atoms with E-state index >= 15 is 0 Å². The van der Waals surface area contributed by atoms with Crippen LogP contribution in [0, 0.1) is 6.92 Å². The number of piperazine rings is 1. The van der Waals surface area contributed by atoms with Crippen molar-refractivity contribution in [3.8, 4) is 0 Å². The van der Waals surface area contributed by atoms with E-state index in [1.54, 1.807) is 12.1 Å². The molecule has 0 bridgehead atoms. The largest absolute Gasteiger partial charge is 0.360 e. The average molecular weight is 404 g/mol. The fraction of sp³-hybridized carbons (Fsp3) is 0.350. The maximum atomic E-state index is 12.6. The molecule has 0 spiro atoms. The zero-order valence-electron chi connectivity index (χ0n) is 16.2. The predicted octanol–water partition coefficient (Wildman–Crippen LogP) is 0.375. The molecule has 1 atom stereocenters. The number of nitrogens with two attached hydrogens (primary N) is 1. The second kappa shape index (κ2) is 8.30. The minimum absolute atomic E-state index is 0.0245. The summed E-state index contributed by atoms with van der Waals surface area (Å²) in [6, 6.07) is 14.0. The van der Waals surface area contributed by atoms with Crippen LogP contribution in [0.1, 0.15) is 12.5 Å². The molecule has 1 amide bonds. The third-order valence-corrected chi connectivity index (χ3v) is 6.25. The highest BCUT2D eigenvalue weighted by atomic mass is 32.2. The number of rotatable bonds is 5. The maximum absolute atomic E-state index is 12.6. The van der Waals surface area contributed by atoms with Crippen LogP contribution in [0.15, 0.2) is 53.4 Å². The summed E-state index contributed by atoms with van der Waals surface area (Å²) < 4.78 is 22.6. The highest BCUT2D eigenvalue weighted by molar-refractivity contribution is 7.89. The van der Waals surface area contributed by atoms with Crippen LogP contribution >= 0.6 is 0 Å². The number of primary sulfonamides is 1. The lowest BCUT2D eigenvalue weighted by Crippen LogP contribution is -3.19. The number of hydrogen-bond acceptors (Lipinski definition) is 4. The molecule has 2 aromatic carbocycles. The van der Waals surface area contributed by atoms with Crippen molar-refractivity contribution in [1.82, 2.24) is 0 Å². The highest BCUT2D eigenvalue weighted by Crippen LogP contribution is 2.19. The van der Waals surface area contributed by atoms with Gasteiger partial charge in [-0.1, -0.05) is 18.2 Å². The molecule has 2 aromatic rings. The van der Waals surface area contributed by atoms with Crippen molar-refractivity contribution in [3.05, 3.63) is 54.1 Å². The van der Waals surface area contributed by atoms with Gasteiger partial charge in [0.05, 0.1) is 31.1 Å². The Morgan fingerprint density at radius 2 is 1.71 bits per heavy atom. The molecule has 1 aliphatic heterocycles. The molecule has 1 fully saturated rings. The molecule has 150 valence electrons. The molecule has 0 unspecified atom stereocenters. The number of quaternary nitrogens is 1. The van der Waals surface area contributed by atoms with Gasteiger partial charge >= 0.3 is 0 Å². The molecule has 1 aliphatic rings. The number of carbonyl (C=O) groups is 1. The van der Waals surface area contributed by atoms with Crippen LogP contribution in [-0.2, 0) is 14.8 Å². The van der Waals surface area contributed by atoms with E-state index < -0.39 is 10.0 Å². The van der Waals surface area contributed by atoms with E-state index in [0.29, 0.717) is 5.69 Å². The maximum Gasteiger partial charge on any atom is 0.282 e. The van der Waals surface area contributed by atoms with Crippen LogP contribution in [0.2, 0.25) is 0 Å². The van der Waals surface area contributed by atoms with Gasteiger partial charge in [-0.3, -0.25) is 4.79 Å². The quantitative estimate of drug-likeness (QED) is 0.672. The summed E-state index contributed by atoms with van der Waals surface area (Å²) in [6.07, 6.45) is 0. The molecule has 0 aromatic heterocycles. The van der Waals surface area contributed by atoms with Gasteiger partial charge in [0.2, 0.25) is 10.0 Å². The van der Waals surface area contributed by atoms with Crippen LogP contribution in [0.4, 0.5) is 11.4 Å². The lowest BCUT2D eigenvalue weighted by molar-refractivity contribution is -0.914. The normalized spacial score (nSPS) is 16.6. The van der Waals surface area contributed by atoms with Crippen molar-refractivity contribution in [2.45, 2.75) is 24.8 Å². The summed E-state index contributed by atoms with van der Waals surface area (Å²) in [4.78, 5) is 16.2. The van der Waals surface area contributed by atoms with Gasteiger partial charge in [0.1, 0.15) is 0 Å². The van der Waals surface area contributed by atoms with Crippen LogP contribution < -0.4 is 20.3 Å². The van der Waals surface area contributed by atoms with Crippen molar-refractivity contribution in [1.29, 1.82) is 0 Å².